The third-order valence-corrected chi connectivity index (χ3v) is 5.58. The molecule has 0 aliphatic rings. The maximum Gasteiger partial charge on any atom is 0.220 e. The lowest BCUT2D eigenvalue weighted by Crippen LogP contribution is -2.39. The smallest absolute Gasteiger partial charge is 0.220 e. The number of amides is 1. The van der Waals surface area contributed by atoms with Gasteiger partial charge in [-0.1, -0.05) is 31.0 Å². The van der Waals surface area contributed by atoms with Crippen LogP contribution in [-0.4, -0.2) is 32.2 Å². The molecule has 0 aliphatic heterocycles. The van der Waals surface area contributed by atoms with Crippen LogP contribution in [0.15, 0.2) is 11.1 Å². The van der Waals surface area contributed by atoms with Crippen LogP contribution < -0.4 is 10.0 Å². The van der Waals surface area contributed by atoms with Crippen molar-refractivity contribution in [1.29, 1.82) is 0 Å². The Balaban J connectivity index is 3.81. The summed E-state index contributed by atoms with van der Waals surface area (Å²) in [7, 11) is -3.30. The van der Waals surface area contributed by atoms with Gasteiger partial charge in [-0.15, -0.1) is 0 Å². The van der Waals surface area contributed by atoms with E-state index in [1.165, 1.54) is 0 Å². The molecule has 0 bridgehead atoms. The number of hydrogen-bond acceptors (Lipinski definition) is 3. The van der Waals surface area contributed by atoms with Gasteiger partial charge in [0.25, 0.3) is 0 Å². The fraction of sp³-hybridized carbons (Fsp3) is 0.800. The first-order valence-electron chi connectivity index (χ1n) is 7.70. The van der Waals surface area contributed by atoms with E-state index >= 15 is 0 Å². The van der Waals surface area contributed by atoms with Crippen LogP contribution in [0.2, 0.25) is 0 Å². The van der Waals surface area contributed by atoms with Gasteiger partial charge in [-0.05, 0) is 40.0 Å². The number of nitrogens with one attached hydrogen (secondary N) is 2. The van der Waals surface area contributed by atoms with Crippen molar-refractivity contribution in [2.45, 2.75) is 64.5 Å². The van der Waals surface area contributed by atoms with E-state index in [1.54, 1.807) is 26.8 Å². The minimum absolute atomic E-state index is 0.0455. The first kappa shape index (κ1) is 21.4. The van der Waals surface area contributed by atoms with E-state index in [9.17, 15) is 13.2 Å². The summed E-state index contributed by atoms with van der Waals surface area (Å²) in [6.07, 6.45) is 5.27. The van der Waals surface area contributed by atoms with Crippen LogP contribution in [0.5, 0.6) is 0 Å². The van der Waals surface area contributed by atoms with E-state index in [1.807, 2.05) is 6.92 Å². The first-order valence-corrected chi connectivity index (χ1v) is 9.56. The monoisotopic (exact) mass is 352 g/mol. The highest BCUT2D eigenvalue weighted by Crippen LogP contribution is 2.13. The highest BCUT2D eigenvalue weighted by atomic mass is 35.5. The van der Waals surface area contributed by atoms with Crippen molar-refractivity contribution < 1.29 is 13.2 Å². The molecule has 0 spiro atoms. The van der Waals surface area contributed by atoms with Crippen LogP contribution in [0.4, 0.5) is 0 Å². The number of unbranched alkanes of at least 4 members (excludes halogenated alkanes) is 1. The van der Waals surface area contributed by atoms with Gasteiger partial charge < -0.3 is 5.32 Å². The average molecular weight is 353 g/mol. The second-order valence-corrected chi connectivity index (χ2v) is 9.18. The van der Waals surface area contributed by atoms with Crippen molar-refractivity contribution >= 4 is 27.5 Å². The van der Waals surface area contributed by atoms with Gasteiger partial charge in [0.2, 0.25) is 15.9 Å². The van der Waals surface area contributed by atoms with Crippen molar-refractivity contribution in [3.8, 4) is 0 Å². The summed E-state index contributed by atoms with van der Waals surface area (Å²) in [5, 5.41) is 3.53. The summed E-state index contributed by atoms with van der Waals surface area (Å²) in [6.45, 7) is 7.80. The normalized spacial score (nSPS) is 13.2. The molecule has 0 aromatic heterocycles. The van der Waals surface area contributed by atoms with Gasteiger partial charge in [0, 0.05) is 24.5 Å². The number of carbonyl (C=O) groups is 1. The second kappa shape index (κ2) is 10.2. The standard InChI is InChI=1S/C15H29ClN2O3S/c1-5-8-13(16)10-12-17-14(19)9-6-7-11-18-22(20,21)15(2,3)4/h10,18H,5-9,11-12H2,1-4H3,(H,17,19)/b13-10+. The fourth-order valence-corrected chi connectivity index (χ4v) is 2.65. The predicted molar refractivity (Wildman–Crippen MR) is 92.4 cm³/mol. The molecule has 0 heterocycles. The topological polar surface area (TPSA) is 75.3 Å². The molecule has 0 radical (unpaired) electrons. The summed E-state index contributed by atoms with van der Waals surface area (Å²) in [6, 6.07) is 0. The molecule has 0 atom stereocenters. The average Bonchev–Trinajstić information content (AvgIpc) is 2.37. The van der Waals surface area contributed by atoms with Crippen molar-refractivity contribution in [2.75, 3.05) is 13.1 Å². The highest BCUT2D eigenvalue weighted by Gasteiger charge is 2.27. The molecular weight excluding hydrogens is 324 g/mol. The molecule has 0 aliphatic carbocycles. The molecule has 0 unspecified atom stereocenters. The Bertz CT molecular complexity index is 468. The molecule has 5 nitrogen and oxygen atoms in total. The molecular formula is C15H29ClN2O3S. The van der Waals surface area contributed by atoms with E-state index in [-0.39, 0.29) is 5.91 Å². The van der Waals surface area contributed by atoms with Gasteiger partial charge >= 0.3 is 0 Å². The Kier molecular flexibility index (Phi) is 9.96. The molecule has 0 saturated carbocycles. The van der Waals surface area contributed by atoms with Crippen molar-refractivity contribution in [3.05, 3.63) is 11.1 Å². The summed E-state index contributed by atoms with van der Waals surface area (Å²) < 4.78 is 25.3. The molecule has 130 valence electrons. The van der Waals surface area contributed by atoms with Crippen molar-refractivity contribution in [3.63, 3.8) is 0 Å². The Hall–Kier alpha value is -0.590. The minimum atomic E-state index is -3.30. The SMILES string of the molecule is CCC/C(Cl)=C\CNC(=O)CCCCNS(=O)(=O)C(C)(C)C. The quantitative estimate of drug-likeness (QED) is 0.593. The zero-order valence-corrected chi connectivity index (χ0v) is 15.6. The summed E-state index contributed by atoms with van der Waals surface area (Å²) >= 11 is 5.93. The highest BCUT2D eigenvalue weighted by molar-refractivity contribution is 7.90. The number of carbonyl (C=O) groups excluding carboxylic acids is 1. The third-order valence-electron chi connectivity index (χ3n) is 3.04. The molecule has 0 rings (SSSR count). The second-order valence-electron chi connectivity index (χ2n) is 6.17. The number of rotatable bonds is 10. The maximum absolute atomic E-state index is 11.8. The van der Waals surface area contributed by atoms with Gasteiger partial charge in [-0.3, -0.25) is 4.79 Å². The van der Waals surface area contributed by atoms with Crippen LogP contribution in [0.25, 0.3) is 0 Å². The molecule has 2 N–H and O–H groups in total. The first-order chi connectivity index (χ1) is 10.1. The van der Waals surface area contributed by atoms with E-state index in [0.717, 1.165) is 17.9 Å². The predicted octanol–water partition coefficient (Wildman–Crippen LogP) is 2.91. The molecule has 0 fully saturated rings. The molecule has 0 aromatic carbocycles. The van der Waals surface area contributed by atoms with E-state index in [2.05, 4.69) is 10.0 Å². The lowest BCUT2D eigenvalue weighted by molar-refractivity contribution is -0.120. The van der Waals surface area contributed by atoms with E-state index < -0.39 is 14.8 Å². The van der Waals surface area contributed by atoms with Gasteiger partial charge in [0.1, 0.15) is 0 Å². The zero-order valence-electron chi connectivity index (χ0n) is 14.0. The largest absolute Gasteiger partial charge is 0.353 e. The summed E-state index contributed by atoms with van der Waals surface area (Å²) in [5.74, 6) is -0.0455. The van der Waals surface area contributed by atoms with E-state index in [4.69, 9.17) is 11.6 Å². The zero-order chi connectivity index (χ0) is 17.2. The van der Waals surface area contributed by atoms with Crippen LogP contribution in [0, 0.1) is 0 Å². The fourth-order valence-electron chi connectivity index (χ4n) is 1.54. The van der Waals surface area contributed by atoms with Crippen LogP contribution >= 0.6 is 11.6 Å². The van der Waals surface area contributed by atoms with Crippen LogP contribution in [0.1, 0.15) is 59.8 Å². The molecule has 0 saturated heterocycles. The Morgan fingerprint density at radius 1 is 1.18 bits per heavy atom. The van der Waals surface area contributed by atoms with Crippen molar-refractivity contribution in [2.24, 2.45) is 0 Å². The van der Waals surface area contributed by atoms with Crippen molar-refractivity contribution in [1.82, 2.24) is 10.0 Å². The molecule has 7 heteroatoms. The Morgan fingerprint density at radius 3 is 2.36 bits per heavy atom. The van der Waals surface area contributed by atoms with Gasteiger partial charge in [-0.25, -0.2) is 13.1 Å². The van der Waals surface area contributed by atoms with Gasteiger partial charge in [0.05, 0.1) is 4.75 Å². The molecule has 22 heavy (non-hydrogen) atoms. The number of halogens is 1. The molecule has 1 amide bonds. The van der Waals surface area contributed by atoms with Gasteiger partial charge in [-0.2, -0.15) is 0 Å². The van der Waals surface area contributed by atoms with Crippen LogP contribution in [0.3, 0.4) is 0 Å². The molecule has 0 aromatic rings. The summed E-state index contributed by atoms with van der Waals surface area (Å²) in [5.41, 5.74) is 0. The third kappa shape index (κ3) is 9.43. The lowest BCUT2D eigenvalue weighted by Gasteiger charge is -2.19. The van der Waals surface area contributed by atoms with Crippen LogP contribution in [-0.2, 0) is 14.8 Å². The Morgan fingerprint density at radius 2 is 1.82 bits per heavy atom. The van der Waals surface area contributed by atoms with E-state index in [0.29, 0.717) is 32.4 Å². The lowest BCUT2D eigenvalue weighted by atomic mass is 10.2. The number of hydrogen-bond donors (Lipinski definition) is 2. The van der Waals surface area contributed by atoms with Gasteiger partial charge in [0.15, 0.2) is 0 Å². The number of allylic oxidation sites excluding steroid dienone is 1. The Labute approximate surface area is 139 Å². The maximum atomic E-state index is 11.8. The minimum Gasteiger partial charge on any atom is -0.353 e. The summed E-state index contributed by atoms with van der Waals surface area (Å²) in [4.78, 5) is 11.6. The number of sulfonamides is 1.